The fourth-order valence-electron chi connectivity index (χ4n) is 3.19. The number of esters is 2. The van der Waals surface area contributed by atoms with Gasteiger partial charge in [0.15, 0.2) is 5.78 Å². The molecule has 0 aliphatic carbocycles. The van der Waals surface area contributed by atoms with Crippen molar-refractivity contribution in [2.75, 3.05) is 14.2 Å². The molecule has 0 radical (unpaired) electrons. The van der Waals surface area contributed by atoms with Gasteiger partial charge >= 0.3 is 11.9 Å². The summed E-state index contributed by atoms with van der Waals surface area (Å²) >= 11 is 5.95. The number of rotatable bonds is 4. The number of ether oxygens (including phenoxy) is 2. The largest absolute Gasteiger partial charge is 0.467 e. The molecule has 7 heteroatoms. The van der Waals surface area contributed by atoms with Crippen LogP contribution in [0.3, 0.4) is 0 Å². The minimum absolute atomic E-state index is 0.145. The van der Waals surface area contributed by atoms with Crippen molar-refractivity contribution < 1.29 is 23.9 Å². The summed E-state index contributed by atoms with van der Waals surface area (Å²) in [5, 5.41) is 3.50. The van der Waals surface area contributed by atoms with Crippen LogP contribution in [0.5, 0.6) is 0 Å². The van der Waals surface area contributed by atoms with Crippen LogP contribution in [0.4, 0.5) is 0 Å². The van der Waals surface area contributed by atoms with Crippen LogP contribution in [-0.4, -0.2) is 37.5 Å². The molecule has 0 bridgehead atoms. The monoisotopic (exact) mass is 377 g/mol. The third-order valence-electron chi connectivity index (χ3n) is 4.48. The third-order valence-corrected chi connectivity index (χ3v) is 4.73. The zero-order valence-corrected chi connectivity index (χ0v) is 16.0. The quantitative estimate of drug-likeness (QED) is 0.641. The molecule has 1 N–H and O–H groups in total. The van der Waals surface area contributed by atoms with E-state index in [1.54, 1.807) is 38.1 Å². The first kappa shape index (κ1) is 19.7. The van der Waals surface area contributed by atoms with Crippen LogP contribution in [0.1, 0.15) is 26.3 Å². The van der Waals surface area contributed by atoms with Gasteiger partial charge in [0, 0.05) is 16.3 Å². The van der Waals surface area contributed by atoms with Gasteiger partial charge in [-0.1, -0.05) is 23.7 Å². The highest BCUT2D eigenvalue weighted by Crippen LogP contribution is 2.39. The normalized spacial score (nSPS) is 19.8. The molecule has 1 aliphatic heterocycles. The number of methoxy groups -OCH3 is 2. The van der Waals surface area contributed by atoms with Crippen molar-refractivity contribution in [2.24, 2.45) is 0 Å². The second-order valence-electron chi connectivity index (χ2n) is 5.92. The lowest BCUT2D eigenvalue weighted by Gasteiger charge is -2.38. The van der Waals surface area contributed by atoms with E-state index in [0.717, 1.165) is 0 Å². The molecule has 1 aliphatic rings. The maximum Gasteiger partial charge on any atom is 0.343 e. The summed E-state index contributed by atoms with van der Waals surface area (Å²) in [6.07, 6.45) is 0. The summed E-state index contributed by atoms with van der Waals surface area (Å²) in [5.41, 5.74) is 0.288. The lowest BCUT2D eigenvalue weighted by molar-refractivity contribution is -0.150. The number of allylic oxidation sites excluding steroid dienone is 1. The summed E-state index contributed by atoms with van der Waals surface area (Å²) in [5.74, 6) is -1.93. The molecule has 0 saturated carbocycles. The molecule has 1 atom stereocenters. The summed E-state index contributed by atoms with van der Waals surface area (Å²) < 4.78 is 9.77. The van der Waals surface area contributed by atoms with Crippen molar-refractivity contribution in [3.05, 3.63) is 51.7 Å². The van der Waals surface area contributed by atoms with Crippen LogP contribution < -0.4 is 5.32 Å². The Morgan fingerprint density at radius 3 is 2.08 bits per heavy atom. The van der Waals surface area contributed by atoms with Crippen LogP contribution >= 0.6 is 11.6 Å². The van der Waals surface area contributed by atoms with Crippen LogP contribution in [0.2, 0.25) is 5.02 Å². The molecule has 0 fully saturated rings. The number of benzene rings is 1. The zero-order chi connectivity index (χ0) is 19.6. The standard InChI is InChI=1S/C19H20ClNO5/c1-10-15(17(23)25-4)16(13-6-8-14(20)9-7-13)11(2)21-19(10,12(3)22)18(24)26-5/h6-9,21H,1-5H3/t19-/m0/s1. The summed E-state index contributed by atoms with van der Waals surface area (Å²) in [6, 6.07) is 6.87. The first-order valence-corrected chi connectivity index (χ1v) is 8.23. The van der Waals surface area contributed by atoms with Crippen LogP contribution in [-0.2, 0) is 23.9 Å². The first-order valence-electron chi connectivity index (χ1n) is 7.85. The maximum atomic E-state index is 12.6. The highest BCUT2D eigenvalue weighted by Gasteiger charge is 2.51. The fraction of sp³-hybridized carbons (Fsp3) is 0.316. The predicted molar refractivity (Wildman–Crippen MR) is 97.3 cm³/mol. The average molecular weight is 378 g/mol. The zero-order valence-electron chi connectivity index (χ0n) is 15.2. The summed E-state index contributed by atoms with van der Waals surface area (Å²) in [6.45, 7) is 4.49. The minimum Gasteiger partial charge on any atom is -0.467 e. The SMILES string of the molecule is COC(=O)C1=C(C)[C@](C(C)=O)(C(=O)OC)NC(C)=C1c1ccc(Cl)cc1. The lowest BCUT2D eigenvalue weighted by atomic mass is 9.76. The first-order chi connectivity index (χ1) is 12.2. The molecule has 26 heavy (non-hydrogen) atoms. The number of Topliss-reactive ketones (excluding diaryl/α,β-unsaturated/α-hetero) is 1. The van der Waals surface area contributed by atoms with E-state index < -0.39 is 23.3 Å². The minimum atomic E-state index is -1.78. The molecule has 6 nitrogen and oxygen atoms in total. The van der Waals surface area contributed by atoms with Crippen molar-refractivity contribution in [1.29, 1.82) is 0 Å². The predicted octanol–water partition coefficient (Wildman–Crippen LogP) is 2.66. The second-order valence-corrected chi connectivity index (χ2v) is 6.36. The number of ketones is 1. The van der Waals surface area contributed by atoms with E-state index >= 15 is 0 Å². The molecule has 0 amide bonds. The highest BCUT2D eigenvalue weighted by atomic mass is 35.5. The number of halogens is 1. The van der Waals surface area contributed by atoms with Crippen LogP contribution in [0, 0.1) is 0 Å². The van der Waals surface area contributed by atoms with Gasteiger partial charge in [-0.3, -0.25) is 4.79 Å². The molecular formula is C19H20ClNO5. The Balaban J connectivity index is 2.82. The van der Waals surface area contributed by atoms with E-state index in [9.17, 15) is 14.4 Å². The number of carbonyl (C=O) groups excluding carboxylic acids is 3. The topological polar surface area (TPSA) is 81.7 Å². The molecule has 0 unspecified atom stereocenters. The van der Waals surface area contributed by atoms with Gasteiger partial charge in [0.05, 0.1) is 19.8 Å². The van der Waals surface area contributed by atoms with Gasteiger partial charge in [-0.05, 0) is 44.0 Å². The second kappa shape index (κ2) is 7.33. The summed E-state index contributed by atoms with van der Waals surface area (Å²) in [4.78, 5) is 37.5. The van der Waals surface area contributed by atoms with Crippen LogP contribution in [0.25, 0.3) is 5.57 Å². The summed E-state index contributed by atoms with van der Waals surface area (Å²) in [7, 11) is 2.43. The molecule has 138 valence electrons. The smallest absolute Gasteiger partial charge is 0.343 e. The number of hydrogen-bond acceptors (Lipinski definition) is 6. The number of carbonyl (C=O) groups is 3. The Labute approximate surface area is 156 Å². The molecule has 0 aromatic heterocycles. The van der Waals surface area contributed by atoms with E-state index in [-0.39, 0.29) is 11.1 Å². The van der Waals surface area contributed by atoms with Gasteiger partial charge in [-0.15, -0.1) is 0 Å². The molecule has 0 spiro atoms. The molecule has 1 aromatic carbocycles. The van der Waals surface area contributed by atoms with E-state index in [4.69, 9.17) is 21.1 Å². The van der Waals surface area contributed by atoms with Crippen molar-refractivity contribution in [3.63, 3.8) is 0 Å². The Bertz CT molecular complexity index is 838. The number of nitrogens with one attached hydrogen (secondary N) is 1. The van der Waals surface area contributed by atoms with E-state index in [2.05, 4.69) is 5.32 Å². The molecule has 1 heterocycles. The number of dihydropyridines is 1. The highest BCUT2D eigenvalue weighted by molar-refractivity contribution is 6.30. The Hall–Kier alpha value is -2.60. The van der Waals surface area contributed by atoms with Gasteiger partial charge < -0.3 is 14.8 Å². The lowest BCUT2D eigenvalue weighted by Crippen LogP contribution is -2.60. The maximum absolute atomic E-state index is 12.6. The molecule has 2 rings (SSSR count). The third kappa shape index (κ3) is 3.01. The van der Waals surface area contributed by atoms with Gasteiger partial charge in [0.2, 0.25) is 5.54 Å². The average Bonchev–Trinajstić information content (AvgIpc) is 2.62. The van der Waals surface area contributed by atoms with Gasteiger partial charge in [-0.25, -0.2) is 9.59 Å². The van der Waals surface area contributed by atoms with Crippen molar-refractivity contribution >= 4 is 34.9 Å². The van der Waals surface area contributed by atoms with Crippen molar-refractivity contribution in [3.8, 4) is 0 Å². The van der Waals surface area contributed by atoms with E-state index in [0.29, 0.717) is 21.9 Å². The fourth-order valence-corrected chi connectivity index (χ4v) is 3.31. The number of hydrogen-bond donors (Lipinski definition) is 1. The van der Waals surface area contributed by atoms with Gasteiger partial charge in [0.1, 0.15) is 0 Å². The molecular weight excluding hydrogens is 358 g/mol. The Morgan fingerprint density at radius 1 is 1.04 bits per heavy atom. The van der Waals surface area contributed by atoms with E-state index in [1.807, 2.05) is 0 Å². The van der Waals surface area contributed by atoms with Gasteiger partial charge in [0.25, 0.3) is 0 Å². The van der Waals surface area contributed by atoms with Crippen molar-refractivity contribution in [1.82, 2.24) is 5.32 Å². The molecule has 1 aromatic rings. The molecule has 0 saturated heterocycles. The van der Waals surface area contributed by atoms with Crippen molar-refractivity contribution in [2.45, 2.75) is 26.3 Å². The Morgan fingerprint density at radius 2 is 1.62 bits per heavy atom. The van der Waals surface area contributed by atoms with Gasteiger partial charge in [-0.2, -0.15) is 0 Å². The van der Waals surface area contributed by atoms with Crippen LogP contribution in [0.15, 0.2) is 41.1 Å². The van der Waals surface area contributed by atoms with E-state index in [1.165, 1.54) is 21.1 Å². The Kier molecular flexibility index (Phi) is 5.56.